The summed E-state index contributed by atoms with van der Waals surface area (Å²) in [6.45, 7) is 0. The van der Waals surface area contributed by atoms with Crippen LogP contribution in [0.5, 0.6) is 5.75 Å². The Morgan fingerprint density at radius 1 is 1.25 bits per heavy atom. The zero-order valence-corrected chi connectivity index (χ0v) is 13.0. The Kier molecular flexibility index (Phi) is 4.99. The van der Waals surface area contributed by atoms with E-state index in [9.17, 15) is 4.39 Å². The molecule has 20 heavy (non-hydrogen) atoms. The summed E-state index contributed by atoms with van der Waals surface area (Å²) in [5, 5.41) is 0.434. The van der Waals surface area contributed by atoms with Crippen molar-refractivity contribution in [3.05, 3.63) is 62.8 Å². The molecule has 0 aromatic heterocycles. The van der Waals surface area contributed by atoms with E-state index in [0.29, 0.717) is 16.3 Å². The van der Waals surface area contributed by atoms with Crippen LogP contribution >= 0.6 is 27.5 Å². The number of nitrogens with one attached hydrogen (secondary N) is 1. The van der Waals surface area contributed by atoms with Crippen molar-refractivity contribution in [3.8, 4) is 5.75 Å². The molecule has 2 aromatic carbocycles. The number of methoxy groups -OCH3 is 1. The zero-order chi connectivity index (χ0) is 14.7. The molecule has 0 fully saturated rings. The molecule has 0 bridgehead atoms. The van der Waals surface area contributed by atoms with Gasteiger partial charge in [-0.05, 0) is 47.5 Å². The fourth-order valence-electron chi connectivity index (χ4n) is 1.95. The monoisotopic (exact) mass is 358 g/mol. The van der Waals surface area contributed by atoms with E-state index in [4.69, 9.17) is 22.2 Å². The van der Waals surface area contributed by atoms with E-state index in [0.717, 1.165) is 10.0 Å². The highest BCUT2D eigenvalue weighted by atomic mass is 79.9. The Balaban J connectivity index is 2.54. The summed E-state index contributed by atoms with van der Waals surface area (Å²) in [4.78, 5) is 0. The summed E-state index contributed by atoms with van der Waals surface area (Å²) < 4.78 is 19.5. The van der Waals surface area contributed by atoms with Gasteiger partial charge < -0.3 is 4.74 Å². The number of rotatable bonds is 4. The van der Waals surface area contributed by atoms with Gasteiger partial charge >= 0.3 is 0 Å². The Bertz CT molecular complexity index is 624. The maximum atomic E-state index is 13.4. The molecule has 2 aromatic rings. The summed E-state index contributed by atoms with van der Waals surface area (Å²) in [6, 6.07) is 9.18. The molecule has 0 amide bonds. The number of nitrogens with two attached hydrogens (primary N) is 1. The molecule has 1 atom stereocenters. The fraction of sp³-hybridized carbons (Fsp3) is 0.143. The molecule has 0 heterocycles. The number of hydrogen-bond acceptors (Lipinski definition) is 3. The molecule has 6 heteroatoms. The van der Waals surface area contributed by atoms with Gasteiger partial charge in [-0.15, -0.1) is 0 Å². The number of halogens is 3. The first kappa shape index (κ1) is 15.3. The lowest BCUT2D eigenvalue weighted by Gasteiger charge is -2.20. The van der Waals surface area contributed by atoms with Crippen LogP contribution in [0.3, 0.4) is 0 Å². The minimum atomic E-state index is -0.456. The molecule has 3 nitrogen and oxygen atoms in total. The van der Waals surface area contributed by atoms with Gasteiger partial charge in [-0.1, -0.05) is 27.5 Å². The highest BCUT2D eigenvalue weighted by Gasteiger charge is 2.19. The van der Waals surface area contributed by atoms with E-state index in [-0.39, 0.29) is 5.82 Å². The maximum Gasteiger partial charge on any atom is 0.123 e. The first-order chi connectivity index (χ1) is 9.56. The Labute approximate surface area is 130 Å². The van der Waals surface area contributed by atoms with Crippen LogP contribution in [0.4, 0.5) is 4.39 Å². The van der Waals surface area contributed by atoms with Crippen molar-refractivity contribution in [2.75, 3.05) is 7.11 Å². The van der Waals surface area contributed by atoms with Crippen LogP contribution < -0.4 is 16.0 Å². The summed E-state index contributed by atoms with van der Waals surface area (Å²) in [5.74, 6) is 5.93. The number of ether oxygens (including phenoxy) is 1. The third-order valence-electron chi connectivity index (χ3n) is 2.95. The van der Waals surface area contributed by atoms with E-state index in [1.807, 2.05) is 18.2 Å². The molecule has 0 aliphatic carbocycles. The van der Waals surface area contributed by atoms with Gasteiger partial charge in [0.25, 0.3) is 0 Å². The molecule has 0 radical (unpaired) electrons. The predicted molar refractivity (Wildman–Crippen MR) is 81.3 cm³/mol. The van der Waals surface area contributed by atoms with Gasteiger partial charge in [-0.3, -0.25) is 5.84 Å². The fourth-order valence-corrected chi connectivity index (χ4v) is 2.66. The van der Waals surface area contributed by atoms with Crippen molar-refractivity contribution >= 4 is 27.5 Å². The van der Waals surface area contributed by atoms with Crippen LogP contribution in [-0.2, 0) is 0 Å². The standard InChI is InChI=1S/C14H13BrClFN2O/c1-20-9-3-4-12(15)10(7-9)14(19-18)11-6-8(17)2-5-13(11)16/h2-7,14,19H,18H2,1H3. The van der Waals surface area contributed by atoms with E-state index in [1.165, 1.54) is 18.2 Å². The largest absolute Gasteiger partial charge is 0.497 e. The zero-order valence-electron chi connectivity index (χ0n) is 10.7. The van der Waals surface area contributed by atoms with Crippen LogP contribution in [0.1, 0.15) is 17.2 Å². The molecule has 0 aliphatic heterocycles. The van der Waals surface area contributed by atoms with Gasteiger partial charge in [0.05, 0.1) is 13.2 Å². The van der Waals surface area contributed by atoms with E-state index >= 15 is 0 Å². The molecular weight excluding hydrogens is 347 g/mol. The molecule has 0 saturated heterocycles. The topological polar surface area (TPSA) is 47.3 Å². The Hall–Kier alpha value is -1.14. The quantitative estimate of drug-likeness (QED) is 0.645. The number of hydrazine groups is 1. The number of hydrogen-bond donors (Lipinski definition) is 2. The molecule has 106 valence electrons. The van der Waals surface area contributed by atoms with Crippen molar-refractivity contribution in [2.24, 2.45) is 5.84 Å². The summed E-state index contributed by atoms with van der Waals surface area (Å²) in [6.07, 6.45) is 0. The van der Waals surface area contributed by atoms with E-state index in [2.05, 4.69) is 21.4 Å². The van der Waals surface area contributed by atoms with Crippen LogP contribution in [0.25, 0.3) is 0 Å². The third-order valence-corrected chi connectivity index (χ3v) is 4.02. The van der Waals surface area contributed by atoms with Crippen LogP contribution in [0, 0.1) is 5.82 Å². The molecule has 0 spiro atoms. The Morgan fingerprint density at radius 2 is 2.00 bits per heavy atom. The lowest BCUT2D eigenvalue weighted by molar-refractivity contribution is 0.413. The minimum Gasteiger partial charge on any atom is -0.497 e. The average Bonchev–Trinajstić information content (AvgIpc) is 2.45. The van der Waals surface area contributed by atoms with Crippen molar-refractivity contribution in [3.63, 3.8) is 0 Å². The van der Waals surface area contributed by atoms with E-state index in [1.54, 1.807) is 7.11 Å². The van der Waals surface area contributed by atoms with Crippen LogP contribution in [-0.4, -0.2) is 7.11 Å². The Morgan fingerprint density at radius 3 is 2.65 bits per heavy atom. The van der Waals surface area contributed by atoms with Crippen molar-refractivity contribution in [1.29, 1.82) is 0 Å². The highest BCUT2D eigenvalue weighted by molar-refractivity contribution is 9.10. The second-order valence-corrected chi connectivity index (χ2v) is 5.41. The normalized spacial score (nSPS) is 12.2. The van der Waals surface area contributed by atoms with Crippen molar-refractivity contribution < 1.29 is 9.13 Å². The van der Waals surface area contributed by atoms with Crippen molar-refractivity contribution in [1.82, 2.24) is 5.43 Å². The summed E-state index contributed by atoms with van der Waals surface area (Å²) >= 11 is 9.59. The van der Waals surface area contributed by atoms with Gasteiger partial charge in [0.1, 0.15) is 11.6 Å². The first-order valence-electron chi connectivity index (χ1n) is 5.81. The summed E-state index contributed by atoms with van der Waals surface area (Å²) in [7, 11) is 1.58. The minimum absolute atomic E-state index is 0.372. The number of benzene rings is 2. The molecule has 3 N–H and O–H groups in total. The molecule has 0 aliphatic rings. The highest BCUT2D eigenvalue weighted by Crippen LogP contribution is 2.34. The summed E-state index contributed by atoms with van der Waals surface area (Å²) in [5.41, 5.74) is 4.02. The third kappa shape index (κ3) is 3.12. The van der Waals surface area contributed by atoms with Crippen LogP contribution in [0.2, 0.25) is 5.02 Å². The predicted octanol–water partition coefficient (Wildman–Crippen LogP) is 3.80. The van der Waals surface area contributed by atoms with Gasteiger partial charge in [-0.25, -0.2) is 9.82 Å². The molecule has 2 rings (SSSR count). The SMILES string of the molecule is COc1ccc(Br)c(C(NN)c2cc(F)ccc2Cl)c1. The molecule has 1 unspecified atom stereocenters. The lowest BCUT2D eigenvalue weighted by Crippen LogP contribution is -2.29. The van der Waals surface area contributed by atoms with Gasteiger partial charge in [0, 0.05) is 9.50 Å². The van der Waals surface area contributed by atoms with Gasteiger partial charge in [0.2, 0.25) is 0 Å². The van der Waals surface area contributed by atoms with Gasteiger partial charge in [0.15, 0.2) is 0 Å². The van der Waals surface area contributed by atoms with Crippen molar-refractivity contribution in [2.45, 2.75) is 6.04 Å². The lowest BCUT2D eigenvalue weighted by atomic mass is 9.99. The van der Waals surface area contributed by atoms with E-state index < -0.39 is 6.04 Å². The second-order valence-electron chi connectivity index (χ2n) is 4.15. The van der Waals surface area contributed by atoms with Gasteiger partial charge in [-0.2, -0.15) is 0 Å². The molecule has 0 saturated carbocycles. The molecular formula is C14H13BrClFN2O. The smallest absolute Gasteiger partial charge is 0.123 e. The average molecular weight is 360 g/mol. The first-order valence-corrected chi connectivity index (χ1v) is 6.98. The second kappa shape index (κ2) is 6.54. The van der Waals surface area contributed by atoms with Crippen LogP contribution in [0.15, 0.2) is 40.9 Å². The maximum absolute atomic E-state index is 13.4.